The Balaban J connectivity index is 1.98. The van der Waals surface area contributed by atoms with Crippen molar-refractivity contribution in [3.63, 3.8) is 0 Å². The van der Waals surface area contributed by atoms with Crippen LogP contribution < -0.4 is 4.90 Å². The second-order valence-corrected chi connectivity index (χ2v) is 6.42. The summed E-state index contributed by atoms with van der Waals surface area (Å²) in [6.07, 6.45) is 2.56. The van der Waals surface area contributed by atoms with Crippen LogP contribution in [0.1, 0.15) is 18.7 Å². The van der Waals surface area contributed by atoms with Gasteiger partial charge in [-0.3, -0.25) is 4.79 Å². The molecule has 2 aromatic rings. The standard InChI is InChI=1S/C14H17N3O2S/c1-3-9-4-10-12(15-7-16-13(10)20-9)17-5-8(2)11(6-17)14(18)19/h4,7-8,11H,3,5-6H2,1-2H3,(H,18,19)/t8-,11-/m1/s1. The van der Waals surface area contributed by atoms with E-state index >= 15 is 0 Å². The lowest BCUT2D eigenvalue weighted by molar-refractivity contribution is -0.142. The number of aliphatic carboxylic acids is 1. The fourth-order valence-corrected chi connectivity index (χ4v) is 3.71. The topological polar surface area (TPSA) is 66.3 Å². The Morgan fingerprint density at radius 1 is 1.50 bits per heavy atom. The maximum Gasteiger partial charge on any atom is 0.308 e. The summed E-state index contributed by atoms with van der Waals surface area (Å²) in [4.78, 5) is 24.3. The van der Waals surface area contributed by atoms with E-state index in [0.29, 0.717) is 6.54 Å². The van der Waals surface area contributed by atoms with Gasteiger partial charge in [-0.1, -0.05) is 13.8 Å². The van der Waals surface area contributed by atoms with E-state index in [4.69, 9.17) is 0 Å². The van der Waals surface area contributed by atoms with Crippen LogP contribution in [-0.2, 0) is 11.2 Å². The molecule has 0 aromatic carbocycles. The van der Waals surface area contributed by atoms with Gasteiger partial charge in [0.05, 0.1) is 11.3 Å². The van der Waals surface area contributed by atoms with E-state index in [1.54, 1.807) is 17.7 Å². The number of hydrogen-bond donors (Lipinski definition) is 1. The number of carboxylic acids is 1. The number of fused-ring (bicyclic) bond motifs is 1. The number of carbonyl (C=O) groups is 1. The number of anilines is 1. The van der Waals surface area contributed by atoms with E-state index < -0.39 is 5.97 Å². The molecule has 0 bridgehead atoms. The zero-order chi connectivity index (χ0) is 14.3. The molecule has 5 nitrogen and oxygen atoms in total. The van der Waals surface area contributed by atoms with Crippen LogP contribution in [0.4, 0.5) is 5.82 Å². The molecule has 3 heterocycles. The largest absolute Gasteiger partial charge is 0.481 e. The van der Waals surface area contributed by atoms with E-state index in [0.717, 1.165) is 29.0 Å². The molecular formula is C14H17N3O2S. The highest BCUT2D eigenvalue weighted by atomic mass is 32.1. The lowest BCUT2D eigenvalue weighted by atomic mass is 9.99. The summed E-state index contributed by atoms with van der Waals surface area (Å²) in [5.41, 5.74) is 0. The Morgan fingerprint density at radius 3 is 2.95 bits per heavy atom. The Labute approximate surface area is 121 Å². The number of rotatable bonds is 3. The van der Waals surface area contributed by atoms with Crippen molar-refractivity contribution in [3.05, 3.63) is 17.3 Å². The first-order chi connectivity index (χ1) is 9.60. The van der Waals surface area contributed by atoms with Crippen LogP contribution in [0, 0.1) is 11.8 Å². The molecule has 2 atom stereocenters. The number of thiophene rings is 1. The van der Waals surface area contributed by atoms with Gasteiger partial charge in [0, 0.05) is 18.0 Å². The van der Waals surface area contributed by atoms with Gasteiger partial charge in [0.2, 0.25) is 0 Å². The van der Waals surface area contributed by atoms with E-state index in [9.17, 15) is 9.90 Å². The van der Waals surface area contributed by atoms with Gasteiger partial charge >= 0.3 is 5.97 Å². The first-order valence-corrected chi connectivity index (χ1v) is 7.63. The van der Waals surface area contributed by atoms with Gasteiger partial charge in [0.25, 0.3) is 0 Å². The zero-order valence-corrected chi connectivity index (χ0v) is 12.4. The van der Waals surface area contributed by atoms with Crippen molar-refractivity contribution in [1.29, 1.82) is 0 Å². The van der Waals surface area contributed by atoms with Crippen LogP contribution in [-0.4, -0.2) is 34.1 Å². The van der Waals surface area contributed by atoms with E-state index in [1.165, 1.54) is 4.88 Å². The summed E-state index contributed by atoms with van der Waals surface area (Å²) in [6.45, 7) is 5.37. The van der Waals surface area contributed by atoms with Crippen LogP contribution >= 0.6 is 11.3 Å². The molecule has 0 amide bonds. The van der Waals surface area contributed by atoms with Crippen LogP contribution in [0.3, 0.4) is 0 Å². The smallest absolute Gasteiger partial charge is 0.308 e. The molecule has 1 fully saturated rings. The third-order valence-electron chi connectivity index (χ3n) is 3.94. The highest BCUT2D eigenvalue weighted by Gasteiger charge is 2.36. The normalized spacial score (nSPS) is 22.6. The molecule has 6 heteroatoms. The molecule has 0 radical (unpaired) electrons. The van der Waals surface area contributed by atoms with Crippen molar-refractivity contribution in [1.82, 2.24) is 9.97 Å². The fourth-order valence-electron chi connectivity index (χ4n) is 2.78. The van der Waals surface area contributed by atoms with Crippen molar-refractivity contribution in [2.75, 3.05) is 18.0 Å². The summed E-state index contributed by atoms with van der Waals surface area (Å²) in [5.74, 6) is -0.0162. The number of aromatic nitrogens is 2. The lowest BCUT2D eigenvalue weighted by Crippen LogP contribution is -2.23. The molecule has 3 rings (SSSR count). The van der Waals surface area contributed by atoms with Crippen molar-refractivity contribution in [2.24, 2.45) is 11.8 Å². The molecule has 106 valence electrons. The van der Waals surface area contributed by atoms with Crippen LogP contribution in [0.25, 0.3) is 10.2 Å². The highest BCUT2D eigenvalue weighted by Crippen LogP contribution is 2.34. The SMILES string of the molecule is CCc1cc2c(N3C[C@@H](C)[C@H](C(=O)O)C3)ncnc2s1. The fraction of sp³-hybridized carbons (Fsp3) is 0.500. The average molecular weight is 291 g/mol. The Hall–Kier alpha value is -1.69. The Bertz CT molecular complexity index is 655. The first-order valence-electron chi connectivity index (χ1n) is 6.81. The molecule has 1 aliphatic rings. The Morgan fingerprint density at radius 2 is 2.30 bits per heavy atom. The van der Waals surface area contributed by atoms with Gasteiger partial charge in [0.15, 0.2) is 0 Å². The van der Waals surface area contributed by atoms with Crippen molar-refractivity contribution in [2.45, 2.75) is 20.3 Å². The van der Waals surface area contributed by atoms with Gasteiger partial charge < -0.3 is 10.0 Å². The van der Waals surface area contributed by atoms with E-state index in [-0.39, 0.29) is 11.8 Å². The maximum atomic E-state index is 11.2. The second kappa shape index (κ2) is 5.01. The van der Waals surface area contributed by atoms with Gasteiger partial charge in [-0.25, -0.2) is 9.97 Å². The third kappa shape index (κ3) is 2.14. The molecule has 0 spiro atoms. The predicted octanol–water partition coefficient (Wildman–Crippen LogP) is 2.41. The highest BCUT2D eigenvalue weighted by molar-refractivity contribution is 7.18. The monoisotopic (exact) mass is 291 g/mol. The maximum absolute atomic E-state index is 11.2. The van der Waals surface area contributed by atoms with E-state index in [2.05, 4.69) is 27.9 Å². The van der Waals surface area contributed by atoms with E-state index in [1.807, 2.05) is 6.92 Å². The number of hydrogen-bond acceptors (Lipinski definition) is 5. The molecule has 1 N–H and O–H groups in total. The lowest BCUT2D eigenvalue weighted by Gasteiger charge is -2.17. The molecule has 1 aliphatic heterocycles. The molecule has 2 aromatic heterocycles. The molecule has 20 heavy (non-hydrogen) atoms. The molecule has 0 aliphatic carbocycles. The molecular weight excluding hydrogens is 274 g/mol. The minimum atomic E-state index is -0.718. The molecule has 0 saturated carbocycles. The van der Waals surface area contributed by atoms with Crippen LogP contribution in [0.2, 0.25) is 0 Å². The van der Waals surface area contributed by atoms with Gasteiger partial charge in [-0.05, 0) is 18.4 Å². The van der Waals surface area contributed by atoms with Crippen molar-refractivity contribution in [3.8, 4) is 0 Å². The number of carboxylic acid groups (broad SMARTS) is 1. The van der Waals surface area contributed by atoms with Gasteiger partial charge in [-0.15, -0.1) is 11.3 Å². The molecule has 0 unspecified atom stereocenters. The van der Waals surface area contributed by atoms with Gasteiger partial charge in [0.1, 0.15) is 17.0 Å². The summed E-state index contributed by atoms with van der Waals surface area (Å²) >= 11 is 1.68. The minimum Gasteiger partial charge on any atom is -0.481 e. The average Bonchev–Trinajstić information content (AvgIpc) is 3.00. The Kier molecular flexibility index (Phi) is 3.33. The third-order valence-corrected chi connectivity index (χ3v) is 5.12. The first kappa shape index (κ1) is 13.3. The molecule has 1 saturated heterocycles. The second-order valence-electron chi connectivity index (χ2n) is 5.31. The number of aryl methyl sites for hydroxylation is 1. The summed E-state index contributed by atoms with van der Waals surface area (Å²) in [7, 11) is 0. The van der Waals surface area contributed by atoms with Crippen molar-refractivity contribution < 1.29 is 9.90 Å². The quantitative estimate of drug-likeness (QED) is 0.940. The van der Waals surface area contributed by atoms with Crippen LogP contribution in [0.5, 0.6) is 0 Å². The number of nitrogens with zero attached hydrogens (tertiary/aromatic N) is 3. The minimum absolute atomic E-state index is 0.141. The van der Waals surface area contributed by atoms with Gasteiger partial charge in [-0.2, -0.15) is 0 Å². The zero-order valence-electron chi connectivity index (χ0n) is 11.5. The van der Waals surface area contributed by atoms with Crippen LogP contribution in [0.15, 0.2) is 12.4 Å². The van der Waals surface area contributed by atoms with Crippen molar-refractivity contribution >= 4 is 33.3 Å². The predicted molar refractivity (Wildman–Crippen MR) is 79.3 cm³/mol. The summed E-state index contributed by atoms with van der Waals surface area (Å²) in [5, 5.41) is 10.3. The summed E-state index contributed by atoms with van der Waals surface area (Å²) < 4.78 is 0. The summed E-state index contributed by atoms with van der Waals surface area (Å²) in [6, 6.07) is 2.13.